The molecule has 23 heavy (non-hydrogen) atoms. The predicted octanol–water partition coefficient (Wildman–Crippen LogP) is 4.04. The Hall–Kier alpha value is -1.36. The zero-order valence-electron chi connectivity index (χ0n) is 14.0. The normalized spacial score (nSPS) is 11.8. The summed E-state index contributed by atoms with van der Waals surface area (Å²) >= 11 is 3.34. The van der Waals surface area contributed by atoms with E-state index in [-0.39, 0.29) is 23.1 Å². The zero-order chi connectivity index (χ0) is 17.1. The number of rotatable bonds is 10. The maximum Gasteiger partial charge on any atom is 0.233 e. The van der Waals surface area contributed by atoms with Gasteiger partial charge in [0, 0.05) is 18.7 Å². The maximum absolute atomic E-state index is 11.9. The van der Waals surface area contributed by atoms with E-state index in [1.54, 1.807) is 0 Å². The van der Waals surface area contributed by atoms with E-state index in [4.69, 9.17) is 0 Å². The number of anilines is 1. The van der Waals surface area contributed by atoms with Crippen LogP contribution in [0.3, 0.4) is 0 Å². The van der Waals surface area contributed by atoms with Crippen molar-refractivity contribution in [1.82, 2.24) is 5.32 Å². The van der Waals surface area contributed by atoms with Gasteiger partial charge in [-0.15, -0.1) is 0 Å². The Kier molecular flexibility index (Phi) is 9.60. The fourth-order valence-corrected chi connectivity index (χ4v) is 2.77. The van der Waals surface area contributed by atoms with Crippen LogP contribution < -0.4 is 10.6 Å². The Morgan fingerprint density at radius 1 is 1.13 bits per heavy atom. The third-order valence-corrected chi connectivity index (χ3v) is 4.41. The quantitative estimate of drug-likeness (QED) is 0.599. The van der Waals surface area contributed by atoms with E-state index in [9.17, 15) is 9.59 Å². The molecule has 0 aromatic heterocycles. The topological polar surface area (TPSA) is 58.2 Å². The molecule has 0 spiro atoms. The number of unbranched alkanes of at least 4 members (excludes halogenated alkanes) is 1. The summed E-state index contributed by atoms with van der Waals surface area (Å²) in [5, 5.41) is 5.62. The van der Waals surface area contributed by atoms with Crippen LogP contribution in [-0.2, 0) is 16.0 Å². The van der Waals surface area contributed by atoms with Gasteiger partial charge in [-0.3, -0.25) is 9.59 Å². The minimum absolute atomic E-state index is 0.0556. The van der Waals surface area contributed by atoms with Crippen LogP contribution in [0.25, 0.3) is 0 Å². The monoisotopic (exact) mass is 382 g/mol. The molecular weight excluding hydrogens is 356 g/mol. The third-order valence-electron chi connectivity index (χ3n) is 3.53. The number of hydrogen-bond acceptors (Lipinski definition) is 2. The Morgan fingerprint density at radius 3 is 2.43 bits per heavy atom. The number of aryl methyl sites for hydroxylation is 1. The molecule has 0 bridgehead atoms. The number of benzene rings is 1. The van der Waals surface area contributed by atoms with Crippen LogP contribution in [0.15, 0.2) is 24.3 Å². The smallest absolute Gasteiger partial charge is 0.233 e. The molecule has 0 aliphatic heterocycles. The summed E-state index contributed by atoms with van der Waals surface area (Å²) in [6.07, 6.45) is 5.44. The second-order valence-corrected chi connectivity index (χ2v) is 6.75. The lowest BCUT2D eigenvalue weighted by Gasteiger charge is -2.10. The summed E-state index contributed by atoms with van der Waals surface area (Å²) in [6.45, 7) is 4.56. The number of carbonyl (C=O) groups excluding carboxylic acids is 2. The molecule has 0 saturated heterocycles. The highest BCUT2D eigenvalue weighted by atomic mass is 79.9. The van der Waals surface area contributed by atoms with Crippen LogP contribution in [0, 0.1) is 0 Å². The van der Waals surface area contributed by atoms with E-state index < -0.39 is 0 Å². The van der Waals surface area contributed by atoms with Gasteiger partial charge in [0.2, 0.25) is 11.8 Å². The highest BCUT2D eigenvalue weighted by molar-refractivity contribution is 9.10. The van der Waals surface area contributed by atoms with Gasteiger partial charge in [-0.2, -0.15) is 0 Å². The van der Waals surface area contributed by atoms with Gasteiger partial charge >= 0.3 is 0 Å². The molecule has 0 radical (unpaired) electrons. The van der Waals surface area contributed by atoms with E-state index in [0.717, 1.165) is 24.9 Å². The van der Waals surface area contributed by atoms with Crippen molar-refractivity contribution in [3.63, 3.8) is 0 Å². The van der Waals surface area contributed by atoms with Gasteiger partial charge in [0.15, 0.2) is 0 Å². The van der Waals surface area contributed by atoms with Crippen LogP contribution in [0.4, 0.5) is 5.69 Å². The second kappa shape index (κ2) is 11.2. The van der Waals surface area contributed by atoms with Gasteiger partial charge < -0.3 is 10.6 Å². The maximum atomic E-state index is 11.9. The third kappa shape index (κ3) is 8.16. The van der Waals surface area contributed by atoms with Gasteiger partial charge in [0.1, 0.15) is 0 Å². The number of nitrogens with one attached hydrogen (secondary N) is 2. The average Bonchev–Trinajstić information content (AvgIpc) is 2.54. The molecule has 0 aliphatic carbocycles. The molecule has 1 aromatic carbocycles. The standard InChI is InChI=1S/C18H27BrN2O2/c1-3-5-7-14-8-10-15(11-9-14)21-17(22)12-13-20-18(23)16(19)6-4-2/h8-11,16H,3-7,12-13H2,1-2H3,(H,20,23)(H,21,22)/t16-/m1/s1. The van der Waals surface area contributed by atoms with Gasteiger partial charge in [-0.25, -0.2) is 0 Å². The van der Waals surface area contributed by atoms with E-state index >= 15 is 0 Å². The first-order valence-corrected chi connectivity index (χ1v) is 9.29. The van der Waals surface area contributed by atoms with Gasteiger partial charge in [-0.1, -0.05) is 54.8 Å². The molecule has 128 valence electrons. The van der Waals surface area contributed by atoms with Crippen LogP contribution in [0.2, 0.25) is 0 Å². The average molecular weight is 383 g/mol. The minimum Gasteiger partial charge on any atom is -0.355 e. The van der Waals surface area contributed by atoms with Crippen molar-refractivity contribution in [2.45, 2.75) is 57.2 Å². The molecular formula is C18H27BrN2O2. The second-order valence-electron chi connectivity index (χ2n) is 5.65. The molecule has 0 heterocycles. The van der Waals surface area contributed by atoms with Crippen molar-refractivity contribution in [3.05, 3.63) is 29.8 Å². The van der Waals surface area contributed by atoms with Crippen LogP contribution in [0.5, 0.6) is 0 Å². The fourth-order valence-electron chi connectivity index (χ4n) is 2.15. The number of carbonyl (C=O) groups is 2. The SMILES string of the molecule is CCCCc1ccc(NC(=O)CCNC(=O)[C@H](Br)CCC)cc1. The Balaban J connectivity index is 2.29. The van der Waals surface area contributed by atoms with Crippen LogP contribution >= 0.6 is 15.9 Å². The first kappa shape index (κ1) is 19.7. The predicted molar refractivity (Wildman–Crippen MR) is 98.9 cm³/mol. The zero-order valence-corrected chi connectivity index (χ0v) is 15.6. The van der Waals surface area contributed by atoms with Crippen molar-refractivity contribution >= 4 is 33.4 Å². The lowest BCUT2D eigenvalue weighted by Crippen LogP contribution is -2.33. The molecule has 2 amide bonds. The Labute approximate surface area is 147 Å². The minimum atomic E-state index is -0.175. The summed E-state index contributed by atoms with van der Waals surface area (Å²) in [5.41, 5.74) is 2.09. The highest BCUT2D eigenvalue weighted by Gasteiger charge is 2.13. The number of alkyl halides is 1. The van der Waals surface area contributed by atoms with Crippen LogP contribution in [-0.4, -0.2) is 23.2 Å². The molecule has 2 N–H and O–H groups in total. The molecule has 1 rings (SSSR count). The Morgan fingerprint density at radius 2 is 1.83 bits per heavy atom. The van der Waals surface area contributed by atoms with E-state index in [1.165, 1.54) is 18.4 Å². The highest BCUT2D eigenvalue weighted by Crippen LogP contribution is 2.12. The number of halogens is 1. The summed E-state index contributed by atoms with van der Waals surface area (Å²) in [5.74, 6) is -0.145. The first-order chi connectivity index (χ1) is 11.1. The Bertz CT molecular complexity index is 488. The van der Waals surface area contributed by atoms with Crippen molar-refractivity contribution in [1.29, 1.82) is 0 Å². The van der Waals surface area contributed by atoms with E-state index in [2.05, 4.69) is 33.5 Å². The molecule has 5 heteroatoms. The molecule has 4 nitrogen and oxygen atoms in total. The van der Waals surface area contributed by atoms with Crippen molar-refractivity contribution in [3.8, 4) is 0 Å². The molecule has 0 unspecified atom stereocenters. The molecule has 0 fully saturated rings. The van der Waals surface area contributed by atoms with Crippen LogP contribution in [0.1, 0.15) is 51.5 Å². The molecule has 0 aliphatic rings. The molecule has 1 atom stereocenters. The first-order valence-electron chi connectivity index (χ1n) is 8.37. The number of amides is 2. The number of hydrogen-bond donors (Lipinski definition) is 2. The lowest BCUT2D eigenvalue weighted by atomic mass is 10.1. The summed E-state index contributed by atoms with van der Waals surface area (Å²) in [6, 6.07) is 7.95. The van der Waals surface area contributed by atoms with E-state index in [1.807, 2.05) is 31.2 Å². The lowest BCUT2D eigenvalue weighted by molar-refractivity contribution is -0.120. The van der Waals surface area contributed by atoms with Gasteiger partial charge in [0.25, 0.3) is 0 Å². The van der Waals surface area contributed by atoms with Crippen molar-refractivity contribution in [2.75, 3.05) is 11.9 Å². The van der Waals surface area contributed by atoms with Gasteiger partial charge in [-0.05, 0) is 37.0 Å². The summed E-state index contributed by atoms with van der Waals surface area (Å²) in [7, 11) is 0. The summed E-state index contributed by atoms with van der Waals surface area (Å²) in [4.78, 5) is 23.4. The molecule has 1 aromatic rings. The largest absolute Gasteiger partial charge is 0.355 e. The van der Waals surface area contributed by atoms with Crippen molar-refractivity contribution in [2.24, 2.45) is 0 Å². The summed E-state index contributed by atoms with van der Waals surface area (Å²) < 4.78 is 0. The fraction of sp³-hybridized carbons (Fsp3) is 0.556. The van der Waals surface area contributed by atoms with E-state index in [0.29, 0.717) is 6.54 Å². The molecule has 0 saturated carbocycles. The van der Waals surface area contributed by atoms with Crippen molar-refractivity contribution < 1.29 is 9.59 Å². The van der Waals surface area contributed by atoms with Gasteiger partial charge in [0.05, 0.1) is 4.83 Å².